The van der Waals surface area contributed by atoms with E-state index in [0.29, 0.717) is 23.4 Å². The molecule has 1 aromatic heterocycles. The molecule has 1 aliphatic carbocycles. The van der Waals surface area contributed by atoms with Gasteiger partial charge < -0.3 is 4.57 Å². The molecular formula is C23H16N2O2. The average molecular weight is 352 g/mol. The molecule has 0 atom stereocenters. The fraction of sp³-hybridized carbons (Fsp3) is 0.0870. The van der Waals surface area contributed by atoms with Crippen LogP contribution < -0.4 is 0 Å². The minimum absolute atomic E-state index is 0.129. The first kappa shape index (κ1) is 15.7. The maximum absolute atomic E-state index is 12.9. The molecule has 5 rings (SSSR count). The van der Waals surface area contributed by atoms with Gasteiger partial charge in [0, 0.05) is 17.7 Å². The molecule has 130 valence electrons. The van der Waals surface area contributed by atoms with Crippen molar-refractivity contribution in [1.82, 2.24) is 9.55 Å². The van der Waals surface area contributed by atoms with E-state index >= 15 is 0 Å². The van der Waals surface area contributed by atoms with E-state index in [4.69, 9.17) is 0 Å². The Balaban J connectivity index is 1.51. The number of imidazole rings is 1. The zero-order chi connectivity index (χ0) is 18.4. The van der Waals surface area contributed by atoms with Gasteiger partial charge in [0.05, 0.1) is 6.33 Å². The maximum Gasteiger partial charge on any atom is 0.214 e. The highest BCUT2D eigenvalue weighted by atomic mass is 16.1. The number of aromatic nitrogens is 2. The van der Waals surface area contributed by atoms with Crippen LogP contribution in [0, 0.1) is 0 Å². The van der Waals surface area contributed by atoms with Gasteiger partial charge in [-0.25, -0.2) is 4.98 Å². The molecule has 4 heteroatoms. The molecule has 1 heterocycles. The molecule has 0 unspecified atom stereocenters. The third-order valence-electron chi connectivity index (χ3n) is 5.19. The summed E-state index contributed by atoms with van der Waals surface area (Å²) in [5, 5.41) is 2.41. The highest BCUT2D eigenvalue weighted by Crippen LogP contribution is 2.27. The summed E-state index contributed by atoms with van der Waals surface area (Å²) in [7, 11) is 0. The van der Waals surface area contributed by atoms with Crippen LogP contribution in [0.5, 0.6) is 0 Å². The van der Waals surface area contributed by atoms with Gasteiger partial charge in [0.2, 0.25) is 11.6 Å². The van der Waals surface area contributed by atoms with Gasteiger partial charge in [-0.1, -0.05) is 66.7 Å². The lowest BCUT2D eigenvalue weighted by Crippen LogP contribution is -2.23. The minimum atomic E-state index is -0.177. The van der Waals surface area contributed by atoms with Crippen molar-refractivity contribution in [3.63, 3.8) is 0 Å². The van der Waals surface area contributed by atoms with Crippen LogP contribution in [0.25, 0.3) is 10.8 Å². The summed E-state index contributed by atoms with van der Waals surface area (Å²) in [5.41, 5.74) is 2.78. The standard InChI is InChI=1S/C23H16N2O2/c26-22-18-10-3-4-11-19(18)23(27)21-20(22)24-14-25(21)13-12-16-8-5-7-15-6-1-2-9-17(15)16/h1-11,14H,12-13H2. The Morgan fingerprint density at radius 1 is 0.778 bits per heavy atom. The Kier molecular flexibility index (Phi) is 3.50. The van der Waals surface area contributed by atoms with Crippen molar-refractivity contribution in [2.75, 3.05) is 0 Å². The van der Waals surface area contributed by atoms with Crippen molar-refractivity contribution in [1.29, 1.82) is 0 Å². The topological polar surface area (TPSA) is 52.0 Å². The number of ketones is 2. The lowest BCUT2D eigenvalue weighted by atomic mass is 9.90. The molecule has 0 radical (unpaired) electrons. The van der Waals surface area contributed by atoms with Crippen molar-refractivity contribution in [3.8, 4) is 0 Å². The lowest BCUT2D eigenvalue weighted by Gasteiger charge is -2.16. The molecule has 0 amide bonds. The van der Waals surface area contributed by atoms with Crippen molar-refractivity contribution in [2.45, 2.75) is 13.0 Å². The van der Waals surface area contributed by atoms with Crippen molar-refractivity contribution >= 4 is 22.3 Å². The largest absolute Gasteiger partial charge is 0.327 e. The van der Waals surface area contributed by atoms with Crippen LogP contribution in [-0.4, -0.2) is 21.1 Å². The number of benzene rings is 3. The predicted octanol–water partition coefficient (Wildman–Crippen LogP) is 4.05. The Morgan fingerprint density at radius 2 is 1.48 bits per heavy atom. The summed E-state index contributed by atoms with van der Waals surface area (Å²) in [4.78, 5) is 29.9. The number of hydrogen-bond donors (Lipinski definition) is 0. The second kappa shape index (κ2) is 6.02. The van der Waals surface area contributed by atoms with Gasteiger partial charge in [0.15, 0.2) is 0 Å². The van der Waals surface area contributed by atoms with E-state index in [2.05, 4.69) is 29.2 Å². The zero-order valence-electron chi connectivity index (χ0n) is 14.6. The Labute approximate surface area is 156 Å². The van der Waals surface area contributed by atoms with E-state index in [1.807, 2.05) is 22.8 Å². The van der Waals surface area contributed by atoms with Crippen molar-refractivity contribution in [3.05, 3.63) is 101 Å². The third-order valence-corrected chi connectivity index (χ3v) is 5.19. The third kappa shape index (κ3) is 2.41. The van der Waals surface area contributed by atoms with Crippen LogP contribution >= 0.6 is 0 Å². The molecule has 0 saturated heterocycles. The van der Waals surface area contributed by atoms with E-state index in [-0.39, 0.29) is 17.3 Å². The van der Waals surface area contributed by atoms with Crippen molar-refractivity contribution < 1.29 is 9.59 Å². The maximum atomic E-state index is 12.9. The quantitative estimate of drug-likeness (QED) is 0.492. The fourth-order valence-electron chi connectivity index (χ4n) is 3.84. The molecule has 0 bridgehead atoms. The molecule has 0 spiro atoms. The number of nitrogens with zero attached hydrogens (tertiary/aromatic N) is 2. The van der Waals surface area contributed by atoms with E-state index in [1.54, 1.807) is 30.6 Å². The monoisotopic (exact) mass is 352 g/mol. The normalized spacial score (nSPS) is 12.9. The molecule has 0 fully saturated rings. The van der Waals surface area contributed by atoms with Gasteiger partial charge in [-0.2, -0.15) is 0 Å². The number of rotatable bonds is 3. The number of hydrogen-bond acceptors (Lipinski definition) is 3. The van der Waals surface area contributed by atoms with E-state index < -0.39 is 0 Å². The fourth-order valence-corrected chi connectivity index (χ4v) is 3.84. The molecule has 0 aliphatic heterocycles. The minimum Gasteiger partial charge on any atom is -0.327 e. The van der Waals surface area contributed by atoms with Crippen LogP contribution in [0.1, 0.15) is 37.7 Å². The summed E-state index contributed by atoms with van der Waals surface area (Å²) in [6.07, 6.45) is 2.37. The van der Waals surface area contributed by atoms with E-state index in [0.717, 1.165) is 6.42 Å². The SMILES string of the molecule is O=C1c2ccccc2C(=O)c2c1ncn2CCc1cccc2ccccc12. The van der Waals surface area contributed by atoms with Gasteiger partial charge in [0.1, 0.15) is 11.4 Å². The second-order valence-corrected chi connectivity index (χ2v) is 6.73. The van der Waals surface area contributed by atoms with Gasteiger partial charge in [-0.3, -0.25) is 9.59 Å². The predicted molar refractivity (Wildman–Crippen MR) is 103 cm³/mol. The van der Waals surface area contributed by atoms with Crippen molar-refractivity contribution in [2.24, 2.45) is 0 Å². The molecule has 1 aliphatic rings. The average Bonchev–Trinajstić information content (AvgIpc) is 3.15. The molecule has 4 nitrogen and oxygen atoms in total. The Hall–Kier alpha value is -3.53. The van der Waals surface area contributed by atoms with Crippen LogP contribution in [0.2, 0.25) is 0 Å². The van der Waals surface area contributed by atoms with Crippen LogP contribution in [0.3, 0.4) is 0 Å². The molecular weight excluding hydrogens is 336 g/mol. The first-order valence-corrected chi connectivity index (χ1v) is 8.94. The van der Waals surface area contributed by atoms with Gasteiger partial charge in [-0.15, -0.1) is 0 Å². The van der Waals surface area contributed by atoms with E-state index in [1.165, 1.54) is 16.3 Å². The zero-order valence-corrected chi connectivity index (χ0v) is 14.6. The Morgan fingerprint density at radius 3 is 2.33 bits per heavy atom. The number of carbonyl (C=O) groups is 2. The highest BCUT2D eigenvalue weighted by molar-refractivity contribution is 6.27. The first-order valence-electron chi connectivity index (χ1n) is 8.94. The van der Waals surface area contributed by atoms with Crippen LogP contribution in [-0.2, 0) is 13.0 Å². The molecule has 0 N–H and O–H groups in total. The van der Waals surface area contributed by atoms with Gasteiger partial charge in [-0.05, 0) is 22.8 Å². The summed E-state index contributed by atoms with van der Waals surface area (Å²) in [6.45, 7) is 0.595. The smallest absolute Gasteiger partial charge is 0.214 e. The summed E-state index contributed by atoms with van der Waals surface area (Å²) in [6, 6.07) is 21.5. The summed E-state index contributed by atoms with van der Waals surface area (Å²) in [5.74, 6) is -0.306. The van der Waals surface area contributed by atoms with Crippen LogP contribution in [0.15, 0.2) is 73.1 Å². The van der Waals surface area contributed by atoms with E-state index in [9.17, 15) is 9.59 Å². The first-order chi connectivity index (χ1) is 13.2. The molecule has 3 aromatic carbocycles. The Bertz CT molecular complexity index is 1210. The van der Waals surface area contributed by atoms with Gasteiger partial charge >= 0.3 is 0 Å². The molecule has 27 heavy (non-hydrogen) atoms. The summed E-state index contributed by atoms with van der Waals surface area (Å²) < 4.78 is 1.81. The lowest BCUT2D eigenvalue weighted by molar-refractivity contribution is 0.0971. The molecule has 0 saturated carbocycles. The summed E-state index contributed by atoms with van der Waals surface area (Å²) >= 11 is 0. The number of carbonyl (C=O) groups excluding carboxylic acids is 2. The second-order valence-electron chi connectivity index (χ2n) is 6.73. The molecule has 4 aromatic rings. The highest BCUT2D eigenvalue weighted by Gasteiger charge is 2.33. The van der Waals surface area contributed by atoms with Gasteiger partial charge in [0.25, 0.3) is 0 Å². The number of aryl methyl sites for hydroxylation is 2. The number of fused-ring (bicyclic) bond motifs is 3. The van der Waals surface area contributed by atoms with Crippen LogP contribution in [0.4, 0.5) is 0 Å².